The molecule has 0 spiro atoms. The molecule has 0 fully saturated rings. The van der Waals surface area contributed by atoms with Gasteiger partial charge in [0.2, 0.25) is 5.91 Å². The number of amides is 1. The summed E-state index contributed by atoms with van der Waals surface area (Å²) in [4.78, 5) is 14.5. The SMILES string of the molecule is COc1ccc(CCN(C(=O)C(N)c2ccccc2)c2ccc(F)cc2F)cc1OC. The summed E-state index contributed by atoms with van der Waals surface area (Å²) < 4.78 is 38.6. The van der Waals surface area contributed by atoms with Gasteiger partial charge in [-0.2, -0.15) is 0 Å². The standard InChI is InChI=1S/C24H24F2N2O3/c1-30-21-11-8-16(14-22(21)31-2)12-13-28(20-10-9-18(25)15-19(20)26)24(29)23(27)17-6-4-3-5-7-17/h3-11,14-15,23H,12-13,27H2,1-2H3. The molecule has 0 aliphatic heterocycles. The number of nitrogens with two attached hydrogens (primary N) is 1. The van der Waals surface area contributed by atoms with E-state index >= 15 is 0 Å². The van der Waals surface area contributed by atoms with Crippen LogP contribution in [0, 0.1) is 11.6 Å². The molecule has 3 aromatic carbocycles. The second-order valence-electron chi connectivity index (χ2n) is 6.91. The van der Waals surface area contributed by atoms with Gasteiger partial charge in [-0.3, -0.25) is 4.79 Å². The summed E-state index contributed by atoms with van der Waals surface area (Å²) in [5.74, 6) is -0.916. The number of carbonyl (C=O) groups is 1. The van der Waals surface area contributed by atoms with E-state index in [4.69, 9.17) is 15.2 Å². The first kappa shape index (κ1) is 22.2. The third-order valence-electron chi connectivity index (χ3n) is 4.96. The summed E-state index contributed by atoms with van der Waals surface area (Å²) in [6, 6.07) is 16.3. The lowest BCUT2D eigenvalue weighted by Crippen LogP contribution is -2.40. The van der Waals surface area contributed by atoms with Crippen LogP contribution in [0.3, 0.4) is 0 Å². The minimum absolute atomic E-state index is 0.0294. The Morgan fingerprint density at radius 2 is 1.68 bits per heavy atom. The van der Waals surface area contributed by atoms with Gasteiger partial charge in [0.15, 0.2) is 11.5 Å². The Hall–Kier alpha value is -3.45. The van der Waals surface area contributed by atoms with Gasteiger partial charge in [-0.25, -0.2) is 8.78 Å². The van der Waals surface area contributed by atoms with Crippen molar-refractivity contribution in [2.45, 2.75) is 12.5 Å². The molecule has 162 valence electrons. The van der Waals surface area contributed by atoms with Crippen LogP contribution in [-0.4, -0.2) is 26.7 Å². The average molecular weight is 426 g/mol. The van der Waals surface area contributed by atoms with E-state index in [1.54, 1.807) is 43.5 Å². The Bertz CT molecular complexity index is 1040. The van der Waals surface area contributed by atoms with Gasteiger partial charge in [-0.1, -0.05) is 36.4 Å². The maximum absolute atomic E-state index is 14.6. The number of rotatable bonds is 8. The predicted octanol–water partition coefficient (Wildman–Crippen LogP) is 4.26. The van der Waals surface area contributed by atoms with E-state index in [9.17, 15) is 13.6 Å². The highest BCUT2D eigenvalue weighted by Crippen LogP contribution is 2.29. The summed E-state index contributed by atoms with van der Waals surface area (Å²) in [5.41, 5.74) is 7.61. The van der Waals surface area contributed by atoms with Gasteiger partial charge in [0.1, 0.15) is 17.7 Å². The van der Waals surface area contributed by atoms with Gasteiger partial charge >= 0.3 is 0 Å². The van der Waals surface area contributed by atoms with Gasteiger partial charge in [0.05, 0.1) is 19.9 Å². The van der Waals surface area contributed by atoms with Gasteiger partial charge in [-0.05, 0) is 41.8 Å². The molecule has 0 bridgehead atoms. The van der Waals surface area contributed by atoms with E-state index < -0.39 is 23.6 Å². The highest BCUT2D eigenvalue weighted by molar-refractivity contribution is 5.97. The lowest BCUT2D eigenvalue weighted by molar-refractivity contribution is -0.120. The maximum Gasteiger partial charge on any atom is 0.248 e. The number of ether oxygens (including phenoxy) is 2. The van der Waals surface area contributed by atoms with Gasteiger partial charge in [-0.15, -0.1) is 0 Å². The molecule has 0 saturated heterocycles. The van der Waals surface area contributed by atoms with Crippen LogP contribution in [0.5, 0.6) is 11.5 Å². The first-order valence-corrected chi connectivity index (χ1v) is 9.72. The molecule has 0 radical (unpaired) electrons. The first-order valence-electron chi connectivity index (χ1n) is 9.72. The van der Waals surface area contributed by atoms with Crippen LogP contribution in [0.25, 0.3) is 0 Å². The number of anilines is 1. The van der Waals surface area contributed by atoms with Gasteiger partial charge in [0.25, 0.3) is 0 Å². The largest absolute Gasteiger partial charge is 0.493 e. The summed E-state index contributed by atoms with van der Waals surface area (Å²) in [6.45, 7) is 0.136. The van der Waals surface area contributed by atoms with E-state index in [0.717, 1.165) is 17.7 Å². The summed E-state index contributed by atoms with van der Waals surface area (Å²) in [6.07, 6.45) is 0.393. The number of carbonyl (C=O) groups excluding carboxylic acids is 1. The molecule has 0 aromatic heterocycles. The molecule has 0 heterocycles. The quantitative estimate of drug-likeness (QED) is 0.585. The second-order valence-corrected chi connectivity index (χ2v) is 6.91. The minimum Gasteiger partial charge on any atom is -0.493 e. The van der Waals surface area contributed by atoms with Crippen molar-refractivity contribution in [1.29, 1.82) is 0 Å². The highest BCUT2D eigenvalue weighted by Gasteiger charge is 2.26. The molecule has 7 heteroatoms. The van der Waals surface area contributed by atoms with Crippen LogP contribution < -0.4 is 20.1 Å². The van der Waals surface area contributed by atoms with Gasteiger partial charge in [0, 0.05) is 12.6 Å². The van der Waals surface area contributed by atoms with E-state index in [-0.39, 0.29) is 12.2 Å². The molecule has 1 unspecified atom stereocenters. The normalized spacial score (nSPS) is 11.6. The van der Waals surface area contributed by atoms with Crippen LogP contribution >= 0.6 is 0 Å². The number of benzene rings is 3. The number of halogens is 2. The van der Waals surface area contributed by atoms with Crippen molar-refractivity contribution in [2.75, 3.05) is 25.7 Å². The Balaban J connectivity index is 1.90. The first-order chi connectivity index (χ1) is 14.9. The Morgan fingerprint density at radius 1 is 0.968 bits per heavy atom. The monoisotopic (exact) mass is 426 g/mol. The maximum atomic E-state index is 14.6. The molecule has 0 saturated carbocycles. The molecule has 3 aromatic rings. The fourth-order valence-corrected chi connectivity index (χ4v) is 3.30. The van der Waals surface area contributed by atoms with Crippen molar-refractivity contribution in [1.82, 2.24) is 0 Å². The lowest BCUT2D eigenvalue weighted by atomic mass is 10.0. The smallest absolute Gasteiger partial charge is 0.248 e. The van der Waals surface area contributed by atoms with Crippen molar-refractivity contribution in [3.05, 3.63) is 89.5 Å². The number of hydrogen-bond donors (Lipinski definition) is 1. The van der Waals surface area contributed by atoms with Crippen molar-refractivity contribution in [3.8, 4) is 11.5 Å². The molecule has 1 atom stereocenters. The lowest BCUT2D eigenvalue weighted by Gasteiger charge is -2.26. The average Bonchev–Trinajstić information content (AvgIpc) is 2.80. The van der Waals surface area contributed by atoms with Crippen LogP contribution in [0.15, 0.2) is 66.7 Å². The van der Waals surface area contributed by atoms with Crippen LogP contribution in [-0.2, 0) is 11.2 Å². The van der Waals surface area contributed by atoms with E-state index in [1.165, 1.54) is 18.1 Å². The fourth-order valence-electron chi connectivity index (χ4n) is 3.30. The zero-order valence-corrected chi connectivity index (χ0v) is 17.3. The van der Waals surface area contributed by atoms with Crippen LogP contribution in [0.4, 0.5) is 14.5 Å². The third kappa shape index (κ3) is 5.19. The Labute approximate surface area is 180 Å². The molecular formula is C24H24F2N2O3. The van der Waals surface area contributed by atoms with Crippen molar-refractivity contribution >= 4 is 11.6 Å². The van der Waals surface area contributed by atoms with Crippen molar-refractivity contribution < 1.29 is 23.0 Å². The summed E-state index contributed by atoms with van der Waals surface area (Å²) in [5, 5.41) is 0. The third-order valence-corrected chi connectivity index (χ3v) is 4.96. The number of methoxy groups -OCH3 is 2. The molecule has 0 aliphatic carbocycles. The summed E-state index contributed by atoms with van der Waals surface area (Å²) >= 11 is 0. The Morgan fingerprint density at radius 3 is 2.32 bits per heavy atom. The highest BCUT2D eigenvalue weighted by atomic mass is 19.1. The molecule has 3 rings (SSSR count). The minimum atomic E-state index is -0.990. The zero-order chi connectivity index (χ0) is 22.4. The second kappa shape index (κ2) is 10.0. The zero-order valence-electron chi connectivity index (χ0n) is 17.3. The number of hydrogen-bond acceptors (Lipinski definition) is 4. The molecule has 5 nitrogen and oxygen atoms in total. The van der Waals surface area contributed by atoms with Crippen LogP contribution in [0.2, 0.25) is 0 Å². The molecule has 31 heavy (non-hydrogen) atoms. The van der Waals surface area contributed by atoms with E-state index in [0.29, 0.717) is 23.5 Å². The predicted molar refractivity (Wildman–Crippen MR) is 115 cm³/mol. The Kier molecular flexibility index (Phi) is 7.20. The molecule has 0 aliphatic rings. The fraction of sp³-hybridized carbons (Fsp3) is 0.208. The van der Waals surface area contributed by atoms with Crippen molar-refractivity contribution in [2.24, 2.45) is 5.73 Å². The van der Waals surface area contributed by atoms with E-state index in [2.05, 4.69) is 0 Å². The number of nitrogens with zero attached hydrogens (tertiary/aromatic N) is 1. The van der Waals surface area contributed by atoms with Crippen LogP contribution in [0.1, 0.15) is 17.2 Å². The molecular weight excluding hydrogens is 402 g/mol. The van der Waals surface area contributed by atoms with Gasteiger partial charge < -0.3 is 20.1 Å². The van der Waals surface area contributed by atoms with Crippen molar-refractivity contribution in [3.63, 3.8) is 0 Å². The molecule has 1 amide bonds. The topological polar surface area (TPSA) is 64.8 Å². The van der Waals surface area contributed by atoms with E-state index in [1.807, 2.05) is 12.1 Å². The molecule has 2 N–H and O–H groups in total. The summed E-state index contributed by atoms with van der Waals surface area (Å²) in [7, 11) is 3.07.